The van der Waals surface area contributed by atoms with Gasteiger partial charge in [0.15, 0.2) is 6.39 Å². The predicted molar refractivity (Wildman–Crippen MR) is 54.5 cm³/mol. The molecular weight excluding hydrogens is 248 g/mol. The minimum absolute atomic E-state index is 0.0537. The molecule has 0 aliphatic carbocycles. The van der Waals surface area contributed by atoms with Gasteiger partial charge in [-0.15, -0.1) is 0 Å². The molecule has 4 nitrogen and oxygen atoms in total. The maximum atomic E-state index is 11.8. The van der Waals surface area contributed by atoms with Gasteiger partial charge in [-0.1, -0.05) is 15.9 Å². The first kappa shape index (κ1) is 9.71. The molecule has 0 bridgehead atoms. The maximum Gasteiger partial charge on any atom is 0.291 e. The number of aryl methyl sites for hydroxylation is 1. The molecule has 2 rings (SSSR count). The Morgan fingerprint density at radius 2 is 2.57 bits per heavy atom. The first-order valence-electron chi connectivity index (χ1n) is 4.52. The number of oxazole rings is 1. The Morgan fingerprint density at radius 1 is 1.79 bits per heavy atom. The van der Waals surface area contributed by atoms with Gasteiger partial charge in [-0.05, 0) is 13.3 Å². The highest BCUT2D eigenvalue weighted by molar-refractivity contribution is 9.09. The molecule has 0 spiro atoms. The lowest BCUT2D eigenvalue weighted by Gasteiger charge is -2.13. The molecule has 5 heteroatoms. The largest absolute Gasteiger partial charge is 0.438 e. The Bertz CT molecular complexity index is 350. The number of aromatic nitrogens is 1. The third-order valence-electron chi connectivity index (χ3n) is 2.36. The normalized spacial score (nSPS) is 21.6. The van der Waals surface area contributed by atoms with Crippen molar-refractivity contribution < 1.29 is 9.21 Å². The smallest absolute Gasteiger partial charge is 0.291 e. The molecule has 1 aliphatic rings. The van der Waals surface area contributed by atoms with Gasteiger partial charge in [-0.25, -0.2) is 4.98 Å². The topological polar surface area (TPSA) is 46.3 Å². The molecule has 2 heterocycles. The van der Waals surface area contributed by atoms with Crippen LogP contribution in [0.4, 0.5) is 0 Å². The highest BCUT2D eigenvalue weighted by Gasteiger charge is 2.28. The van der Waals surface area contributed by atoms with Crippen LogP contribution >= 0.6 is 15.9 Å². The lowest BCUT2D eigenvalue weighted by molar-refractivity contribution is 0.0761. The van der Waals surface area contributed by atoms with Gasteiger partial charge in [-0.3, -0.25) is 4.79 Å². The third-order valence-corrected chi connectivity index (χ3v) is 3.11. The minimum Gasteiger partial charge on any atom is -0.438 e. The first-order valence-corrected chi connectivity index (χ1v) is 5.43. The van der Waals surface area contributed by atoms with Crippen LogP contribution in [0.15, 0.2) is 10.8 Å². The fourth-order valence-electron chi connectivity index (χ4n) is 1.55. The van der Waals surface area contributed by atoms with E-state index in [9.17, 15) is 4.79 Å². The molecule has 1 aromatic rings. The van der Waals surface area contributed by atoms with E-state index in [2.05, 4.69) is 20.9 Å². The Kier molecular flexibility index (Phi) is 2.58. The number of hydrogen-bond donors (Lipinski definition) is 0. The number of carbonyl (C=O) groups is 1. The monoisotopic (exact) mass is 258 g/mol. The van der Waals surface area contributed by atoms with Crippen molar-refractivity contribution in [1.82, 2.24) is 9.88 Å². The molecule has 14 heavy (non-hydrogen) atoms. The van der Waals surface area contributed by atoms with E-state index in [-0.39, 0.29) is 5.91 Å². The molecule has 1 atom stereocenters. The van der Waals surface area contributed by atoms with E-state index in [0.717, 1.165) is 19.5 Å². The number of nitrogens with zero attached hydrogens (tertiary/aromatic N) is 2. The second-order valence-electron chi connectivity index (χ2n) is 3.40. The number of alkyl halides is 1. The summed E-state index contributed by atoms with van der Waals surface area (Å²) < 4.78 is 5.06. The van der Waals surface area contributed by atoms with E-state index in [0.29, 0.717) is 16.3 Å². The summed E-state index contributed by atoms with van der Waals surface area (Å²) in [5.74, 6) is 0.313. The van der Waals surface area contributed by atoms with E-state index < -0.39 is 0 Å². The lowest BCUT2D eigenvalue weighted by atomic mass is 10.3. The van der Waals surface area contributed by atoms with Gasteiger partial charge in [0.1, 0.15) is 0 Å². The third kappa shape index (κ3) is 1.68. The molecule has 0 aromatic carbocycles. The van der Waals surface area contributed by atoms with Crippen molar-refractivity contribution in [2.24, 2.45) is 0 Å². The van der Waals surface area contributed by atoms with Crippen molar-refractivity contribution in [3.63, 3.8) is 0 Å². The van der Waals surface area contributed by atoms with Crippen LogP contribution in [0.25, 0.3) is 0 Å². The van der Waals surface area contributed by atoms with Crippen LogP contribution in [0.3, 0.4) is 0 Å². The summed E-state index contributed by atoms with van der Waals surface area (Å²) in [5.41, 5.74) is 0.660. The van der Waals surface area contributed by atoms with Gasteiger partial charge < -0.3 is 9.32 Å². The van der Waals surface area contributed by atoms with E-state index in [4.69, 9.17) is 4.42 Å². The molecule has 1 saturated heterocycles. The van der Waals surface area contributed by atoms with Gasteiger partial charge >= 0.3 is 0 Å². The highest BCUT2D eigenvalue weighted by Crippen LogP contribution is 2.19. The van der Waals surface area contributed by atoms with Gasteiger partial charge in [0.2, 0.25) is 5.76 Å². The number of hydrogen-bond acceptors (Lipinski definition) is 3. The van der Waals surface area contributed by atoms with Crippen LogP contribution in [0.2, 0.25) is 0 Å². The Hall–Kier alpha value is -0.840. The molecule has 76 valence electrons. The number of carbonyl (C=O) groups excluding carboxylic acids is 1. The number of amides is 1. The van der Waals surface area contributed by atoms with Crippen LogP contribution in [-0.4, -0.2) is 33.7 Å². The van der Waals surface area contributed by atoms with Gasteiger partial charge in [-0.2, -0.15) is 0 Å². The fourth-order valence-corrected chi connectivity index (χ4v) is 2.11. The minimum atomic E-state index is -0.0537. The van der Waals surface area contributed by atoms with E-state index in [1.165, 1.54) is 6.39 Å². The number of rotatable bonds is 1. The summed E-state index contributed by atoms with van der Waals surface area (Å²) in [6, 6.07) is 0. The molecule has 0 saturated carbocycles. The van der Waals surface area contributed by atoms with Crippen molar-refractivity contribution in [3.05, 3.63) is 17.8 Å². The Balaban J connectivity index is 2.13. The van der Waals surface area contributed by atoms with Crippen molar-refractivity contribution in [2.45, 2.75) is 18.2 Å². The van der Waals surface area contributed by atoms with Crippen LogP contribution in [0.5, 0.6) is 0 Å². The molecule has 1 unspecified atom stereocenters. The van der Waals surface area contributed by atoms with E-state index in [1.807, 2.05) is 0 Å². The van der Waals surface area contributed by atoms with Gasteiger partial charge in [0, 0.05) is 17.9 Å². The summed E-state index contributed by atoms with van der Waals surface area (Å²) in [5, 5.41) is 0. The van der Waals surface area contributed by atoms with Crippen LogP contribution in [0.1, 0.15) is 22.7 Å². The summed E-state index contributed by atoms with van der Waals surface area (Å²) >= 11 is 3.49. The molecule has 0 N–H and O–H groups in total. The van der Waals surface area contributed by atoms with Crippen LogP contribution < -0.4 is 0 Å². The average Bonchev–Trinajstić information content (AvgIpc) is 2.73. The quantitative estimate of drug-likeness (QED) is 0.719. The zero-order valence-corrected chi connectivity index (χ0v) is 9.45. The number of likely N-dealkylation sites (tertiary alicyclic amines) is 1. The van der Waals surface area contributed by atoms with Crippen molar-refractivity contribution in [2.75, 3.05) is 13.1 Å². The van der Waals surface area contributed by atoms with Gasteiger partial charge in [0.05, 0.1) is 5.69 Å². The Morgan fingerprint density at radius 3 is 3.07 bits per heavy atom. The average molecular weight is 259 g/mol. The molecule has 0 radical (unpaired) electrons. The van der Waals surface area contributed by atoms with E-state index in [1.54, 1.807) is 11.8 Å². The molecule has 1 fully saturated rings. The second kappa shape index (κ2) is 3.73. The molecular formula is C9H11BrN2O2. The van der Waals surface area contributed by atoms with Crippen molar-refractivity contribution in [1.29, 1.82) is 0 Å². The van der Waals surface area contributed by atoms with Crippen molar-refractivity contribution in [3.8, 4) is 0 Å². The zero-order valence-electron chi connectivity index (χ0n) is 7.86. The Labute approximate surface area is 90.4 Å². The first-order chi connectivity index (χ1) is 6.68. The van der Waals surface area contributed by atoms with Crippen molar-refractivity contribution >= 4 is 21.8 Å². The molecule has 1 aromatic heterocycles. The summed E-state index contributed by atoms with van der Waals surface area (Å²) in [4.78, 5) is 17.9. The van der Waals surface area contributed by atoms with E-state index >= 15 is 0 Å². The second-order valence-corrected chi connectivity index (χ2v) is 4.70. The summed E-state index contributed by atoms with van der Waals surface area (Å²) in [6.07, 6.45) is 2.31. The van der Waals surface area contributed by atoms with Crippen LogP contribution in [0, 0.1) is 6.92 Å². The molecule has 1 amide bonds. The highest BCUT2D eigenvalue weighted by atomic mass is 79.9. The molecule has 1 aliphatic heterocycles. The SMILES string of the molecule is Cc1ncoc1C(=O)N1CCC(Br)C1. The standard InChI is InChI=1S/C9H11BrN2O2/c1-6-8(14-5-11-6)9(13)12-3-2-7(10)4-12/h5,7H,2-4H2,1H3. The fraction of sp³-hybridized carbons (Fsp3) is 0.556. The summed E-state index contributed by atoms with van der Waals surface area (Å²) in [7, 11) is 0. The predicted octanol–water partition coefficient (Wildman–Crippen LogP) is 1.59. The number of halogens is 1. The zero-order chi connectivity index (χ0) is 10.1. The lowest BCUT2D eigenvalue weighted by Crippen LogP contribution is -2.28. The maximum absolute atomic E-state index is 11.8. The van der Waals surface area contributed by atoms with Gasteiger partial charge in [0.25, 0.3) is 5.91 Å². The van der Waals surface area contributed by atoms with Crippen LogP contribution in [-0.2, 0) is 0 Å². The summed E-state index contributed by atoms with van der Waals surface area (Å²) in [6.45, 7) is 3.31.